The first-order valence-electron chi connectivity index (χ1n) is 9.88. The van der Waals surface area contributed by atoms with E-state index in [1.165, 1.54) is 24.1 Å². The van der Waals surface area contributed by atoms with Gasteiger partial charge in [0.05, 0.1) is 0 Å². The Morgan fingerprint density at radius 1 is 1.23 bits per heavy atom. The zero-order chi connectivity index (χ0) is 18.4. The van der Waals surface area contributed by atoms with Crippen molar-refractivity contribution in [2.75, 3.05) is 18.4 Å². The average Bonchev–Trinajstić information content (AvgIpc) is 3.11. The minimum atomic E-state index is -0.544. The molecule has 0 bridgehead atoms. The number of amides is 2. The predicted molar refractivity (Wildman–Crippen MR) is 104 cm³/mol. The lowest BCUT2D eigenvalue weighted by atomic mass is 9.87. The topological polar surface area (TPSA) is 83.1 Å². The van der Waals surface area contributed by atoms with E-state index in [1.807, 2.05) is 6.20 Å². The normalized spacial score (nSPS) is 20.5. The molecule has 2 fully saturated rings. The molecule has 6 nitrogen and oxygen atoms in total. The van der Waals surface area contributed by atoms with Gasteiger partial charge in [-0.05, 0) is 57.5 Å². The second kappa shape index (κ2) is 9.46. The van der Waals surface area contributed by atoms with Crippen molar-refractivity contribution in [3.63, 3.8) is 0 Å². The van der Waals surface area contributed by atoms with Crippen LogP contribution in [0.3, 0.4) is 0 Å². The molecule has 1 aliphatic heterocycles. The zero-order valence-corrected chi connectivity index (χ0v) is 16.4. The van der Waals surface area contributed by atoms with Gasteiger partial charge in [-0.25, -0.2) is 4.98 Å². The summed E-state index contributed by atoms with van der Waals surface area (Å²) in [5.74, 6) is 0.792. The Morgan fingerprint density at radius 2 is 1.96 bits per heavy atom. The lowest BCUT2D eigenvalue weighted by molar-refractivity contribution is -0.126. The Labute approximate surface area is 159 Å². The largest absolute Gasteiger partial charge is 0.345 e. The summed E-state index contributed by atoms with van der Waals surface area (Å²) in [5.41, 5.74) is 0. The van der Waals surface area contributed by atoms with Crippen LogP contribution in [0, 0.1) is 5.92 Å². The third-order valence-electron chi connectivity index (χ3n) is 5.46. The van der Waals surface area contributed by atoms with Gasteiger partial charge in [-0.1, -0.05) is 19.3 Å². The molecule has 7 heteroatoms. The van der Waals surface area contributed by atoms with E-state index in [4.69, 9.17) is 0 Å². The summed E-state index contributed by atoms with van der Waals surface area (Å²) in [6.45, 7) is 3.80. The SMILES string of the molecule is CC(NC(=O)CC1CCCCC1)C(=O)Nc1ncc(C2CCNCC2)s1. The molecule has 1 unspecified atom stereocenters. The van der Waals surface area contributed by atoms with Crippen LogP contribution < -0.4 is 16.0 Å². The van der Waals surface area contributed by atoms with Gasteiger partial charge in [0, 0.05) is 17.5 Å². The van der Waals surface area contributed by atoms with E-state index in [9.17, 15) is 9.59 Å². The summed E-state index contributed by atoms with van der Waals surface area (Å²) in [6.07, 6.45) is 10.6. The highest BCUT2D eigenvalue weighted by Gasteiger charge is 2.22. The quantitative estimate of drug-likeness (QED) is 0.710. The van der Waals surface area contributed by atoms with Gasteiger partial charge in [0.2, 0.25) is 11.8 Å². The Bertz CT molecular complexity index is 606. The molecular weight excluding hydrogens is 348 g/mol. The molecule has 1 aromatic heterocycles. The van der Waals surface area contributed by atoms with Crippen LogP contribution >= 0.6 is 11.3 Å². The molecule has 1 saturated heterocycles. The number of hydrogen-bond acceptors (Lipinski definition) is 5. The first-order chi connectivity index (χ1) is 12.6. The van der Waals surface area contributed by atoms with E-state index in [-0.39, 0.29) is 11.8 Å². The number of piperidine rings is 1. The molecule has 2 aliphatic rings. The first kappa shape index (κ1) is 19.3. The molecule has 1 atom stereocenters. The van der Waals surface area contributed by atoms with Gasteiger partial charge in [-0.2, -0.15) is 0 Å². The standard InChI is InChI=1S/C19H30N4O2S/c1-13(22-17(24)11-14-5-3-2-4-6-14)18(25)23-19-21-12-16(26-19)15-7-9-20-10-8-15/h12-15,20H,2-11H2,1H3,(H,22,24)(H,21,23,25). The number of aromatic nitrogens is 1. The van der Waals surface area contributed by atoms with Crippen LogP contribution in [0.2, 0.25) is 0 Å². The number of hydrogen-bond donors (Lipinski definition) is 3. The van der Waals surface area contributed by atoms with E-state index in [0.29, 0.717) is 23.4 Å². The van der Waals surface area contributed by atoms with Crippen LogP contribution in [0.15, 0.2) is 6.20 Å². The molecule has 26 heavy (non-hydrogen) atoms. The minimum absolute atomic E-state index is 0.0194. The highest BCUT2D eigenvalue weighted by Crippen LogP contribution is 2.31. The van der Waals surface area contributed by atoms with Crippen LogP contribution in [0.5, 0.6) is 0 Å². The van der Waals surface area contributed by atoms with Gasteiger partial charge >= 0.3 is 0 Å². The van der Waals surface area contributed by atoms with Crippen molar-refractivity contribution in [1.82, 2.24) is 15.6 Å². The summed E-state index contributed by atoms with van der Waals surface area (Å²) >= 11 is 1.55. The summed E-state index contributed by atoms with van der Waals surface area (Å²) in [7, 11) is 0. The van der Waals surface area contributed by atoms with Gasteiger partial charge < -0.3 is 16.0 Å². The van der Waals surface area contributed by atoms with Crippen molar-refractivity contribution in [2.45, 2.75) is 70.3 Å². The van der Waals surface area contributed by atoms with Crippen LogP contribution in [-0.4, -0.2) is 35.9 Å². The molecule has 2 heterocycles. The molecule has 0 spiro atoms. The molecule has 0 aromatic carbocycles. The lowest BCUT2D eigenvalue weighted by Gasteiger charge is -2.22. The maximum atomic E-state index is 12.4. The fraction of sp³-hybridized carbons (Fsp3) is 0.737. The van der Waals surface area contributed by atoms with Crippen LogP contribution in [0.1, 0.15) is 69.1 Å². The Hall–Kier alpha value is -1.47. The third-order valence-corrected chi connectivity index (χ3v) is 6.54. The summed E-state index contributed by atoms with van der Waals surface area (Å²) in [4.78, 5) is 30.1. The molecule has 1 aliphatic carbocycles. The highest BCUT2D eigenvalue weighted by molar-refractivity contribution is 7.15. The van der Waals surface area contributed by atoms with Gasteiger partial charge in [-0.15, -0.1) is 11.3 Å². The monoisotopic (exact) mass is 378 g/mol. The molecule has 1 aromatic rings. The van der Waals surface area contributed by atoms with E-state index >= 15 is 0 Å². The van der Waals surface area contributed by atoms with Gasteiger partial charge in [0.1, 0.15) is 6.04 Å². The van der Waals surface area contributed by atoms with Crippen LogP contribution in [0.25, 0.3) is 0 Å². The van der Waals surface area contributed by atoms with Crippen LogP contribution in [0.4, 0.5) is 5.13 Å². The zero-order valence-electron chi connectivity index (χ0n) is 15.6. The van der Waals surface area contributed by atoms with E-state index in [0.717, 1.165) is 38.8 Å². The van der Waals surface area contributed by atoms with Crippen molar-refractivity contribution >= 4 is 28.3 Å². The minimum Gasteiger partial charge on any atom is -0.345 e. The Kier molecular flexibility index (Phi) is 7.02. The average molecular weight is 379 g/mol. The van der Waals surface area contributed by atoms with Gasteiger partial charge in [0.15, 0.2) is 5.13 Å². The molecule has 1 saturated carbocycles. The van der Waals surface area contributed by atoms with Crippen LogP contribution in [-0.2, 0) is 9.59 Å². The van der Waals surface area contributed by atoms with Crippen molar-refractivity contribution in [2.24, 2.45) is 5.92 Å². The number of nitrogens with zero attached hydrogens (tertiary/aromatic N) is 1. The maximum absolute atomic E-state index is 12.4. The maximum Gasteiger partial charge on any atom is 0.248 e. The van der Waals surface area contributed by atoms with Crippen molar-refractivity contribution in [3.05, 3.63) is 11.1 Å². The fourth-order valence-corrected chi connectivity index (χ4v) is 4.86. The number of anilines is 1. The number of thiazole rings is 1. The fourth-order valence-electron chi connectivity index (χ4n) is 3.87. The number of nitrogens with one attached hydrogen (secondary N) is 3. The summed E-state index contributed by atoms with van der Waals surface area (Å²) < 4.78 is 0. The van der Waals surface area contributed by atoms with Crippen molar-refractivity contribution in [1.29, 1.82) is 0 Å². The molecule has 3 N–H and O–H groups in total. The molecule has 2 amide bonds. The predicted octanol–water partition coefficient (Wildman–Crippen LogP) is 3.02. The van der Waals surface area contributed by atoms with E-state index in [2.05, 4.69) is 20.9 Å². The number of rotatable bonds is 6. The summed E-state index contributed by atoms with van der Waals surface area (Å²) in [5, 5.41) is 9.67. The summed E-state index contributed by atoms with van der Waals surface area (Å²) in [6, 6.07) is -0.544. The van der Waals surface area contributed by atoms with E-state index in [1.54, 1.807) is 18.3 Å². The van der Waals surface area contributed by atoms with Crippen molar-refractivity contribution in [3.8, 4) is 0 Å². The Morgan fingerprint density at radius 3 is 2.69 bits per heavy atom. The second-order valence-corrected chi connectivity index (χ2v) is 8.64. The molecule has 3 rings (SSSR count). The second-order valence-electron chi connectivity index (χ2n) is 7.58. The molecular formula is C19H30N4O2S. The highest BCUT2D eigenvalue weighted by atomic mass is 32.1. The molecule has 0 radical (unpaired) electrons. The molecule has 144 valence electrons. The van der Waals surface area contributed by atoms with Gasteiger partial charge in [-0.3, -0.25) is 9.59 Å². The van der Waals surface area contributed by atoms with E-state index < -0.39 is 6.04 Å². The number of carbonyl (C=O) groups excluding carboxylic acids is 2. The Balaban J connectivity index is 1.44. The first-order valence-corrected chi connectivity index (χ1v) is 10.7. The smallest absolute Gasteiger partial charge is 0.248 e. The van der Waals surface area contributed by atoms with Crippen molar-refractivity contribution < 1.29 is 9.59 Å². The third kappa shape index (κ3) is 5.51. The van der Waals surface area contributed by atoms with Gasteiger partial charge in [0.25, 0.3) is 0 Å². The lowest BCUT2D eigenvalue weighted by Crippen LogP contribution is -2.42. The number of carbonyl (C=O) groups is 2.